The topological polar surface area (TPSA) is 171 Å². The van der Waals surface area contributed by atoms with Gasteiger partial charge in [0.1, 0.15) is 19.1 Å². The maximum atomic E-state index is 12.9. The smallest absolute Gasteiger partial charge is 0.434 e. The van der Waals surface area contributed by atoms with Gasteiger partial charge in [0.05, 0.1) is 23.8 Å². The number of carbonyl (C=O) groups is 2. The van der Waals surface area contributed by atoms with Gasteiger partial charge in [0.15, 0.2) is 0 Å². The van der Waals surface area contributed by atoms with Gasteiger partial charge in [-0.25, -0.2) is 4.79 Å². The van der Waals surface area contributed by atoms with Gasteiger partial charge >= 0.3 is 6.16 Å². The second-order valence-electron chi connectivity index (χ2n) is 6.99. The highest BCUT2D eigenvalue weighted by atomic mass is 16.7. The number of benzene rings is 1. The molecule has 1 spiro atoms. The molecule has 0 radical (unpaired) electrons. The van der Waals surface area contributed by atoms with Gasteiger partial charge in [-0.05, 0) is 42.3 Å². The quantitative estimate of drug-likeness (QED) is 0.217. The minimum atomic E-state index is -0.978. The molecule has 3 rings (SSSR count). The summed E-state index contributed by atoms with van der Waals surface area (Å²) in [6.45, 7) is -0.226. The average Bonchev–Trinajstić information content (AvgIpc) is 3.04. The van der Waals surface area contributed by atoms with Crippen LogP contribution in [-0.4, -0.2) is 43.6 Å². The molecular formula is C19H21N7O5. The van der Waals surface area contributed by atoms with Gasteiger partial charge in [-0.1, -0.05) is 40.6 Å². The lowest BCUT2D eigenvalue weighted by Crippen LogP contribution is -2.49. The lowest BCUT2D eigenvalue weighted by molar-refractivity contribution is -0.116. The Bertz CT molecular complexity index is 944. The number of azide groups is 2. The van der Waals surface area contributed by atoms with E-state index in [0.717, 1.165) is 0 Å². The molecule has 1 aliphatic heterocycles. The molecule has 1 amide bonds. The molecule has 1 aromatic rings. The molecule has 12 heteroatoms. The molecule has 0 atom stereocenters. The van der Waals surface area contributed by atoms with Crippen LogP contribution >= 0.6 is 0 Å². The Hall–Kier alpha value is -3.72. The molecule has 1 aliphatic carbocycles. The van der Waals surface area contributed by atoms with Crippen molar-refractivity contribution >= 4 is 17.6 Å². The van der Waals surface area contributed by atoms with E-state index < -0.39 is 11.7 Å². The predicted octanol–water partition coefficient (Wildman–Crippen LogP) is 3.96. The van der Waals surface area contributed by atoms with Crippen LogP contribution in [-0.2, 0) is 19.0 Å². The van der Waals surface area contributed by atoms with E-state index in [1.54, 1.807) is 24.3 Å². The number of nitrogens with one attached hydrogen (secondary N) is 1. The maximum absolute atomic E-state index is 12.9. The number of carbonyl (C=O) groups excluding carboxylic acids is 2. The number of nitrogens with zero attached hydrogens (tertiary/aromatic N) is 6. The number of hydrogen-bond donors (Lipinski definition) is 1. The van der Waals surface area contributed by atoms with Gasteiger partial charge in [0.2, 0.25) is 0 Å². The van der Waals surface area contributed by atoms with E-state index in [4.69, 9.17) is 25.3 Å². The Labute approximate surface area is 177 Å². The minimum absolute atomic E-state index is 0.0251. The first-order valence-corrected chi connectivity index (χ1v) is 9.70. The van der Waals surface area contributed by atoms with Crippen molar-refractivity contribution in [2.45, 2.75) is 37.3 Å². The SMILES string of the molecule is [N-]=[N+]=NCCOC(=O)OC1=C(c2ccccc2)C(=O)NC12CCC(OCN=[N+]=[N-])CC2. The number of amides is 1. The summed E-state index contributed by atoms with van der Waals surface area (Å²) in [5.74, 6) is -0.123. The molecule has 1 N–H and O–H groups in total. The summed E-state index contributed by atoms with van der Waals surface area (Å²) in [6.07, 6.45) is 0.971. The fraction of sp³-hybridized carbons (Fsp3) is 0.474. The van der Waals surface area contributed by atoms with Gasteiger partial charge in [-0.3, -0.25) is 4.79 Å². The van der Waals surface area contributed by atoms with Gasteiger partial charge < -0.3 is 19.5 Å². The van der Waals surface area contributed by atoms with Crippen molar-refractivity contribution in [2.75, 3.05) is 19.9 Å². The van der Waals surface area contributed by atoms with E-state index in [1.807, 2.05) is 6.07 Å². The summed E-state index contributed by atoms with van der Waals surface area (Å²) in [7, 11) is 0. The third-order valence-electron chi connectivity index (χ3n) is 5.18. The highest BCUT2D eigenvalue weighted by Gasteiger charge is 2.50. The zero-order chi connectivity index (χ0) is 22.1. The molecule has 0 aromatic heterocycles. The van der Waals surface area contributed by atoms with E-state index in [-0.39, 0.29) is 43.2 Å². The molecule has 0 bridgehead atoms. The minimum Gasteiger partial charge on any atom is -0.434 e. The van der Waals surface area contributed by atoms with Crippen molar-refractivity contribution in [1.29, 1.82) is 0 Å². The van der Waals surface area contributed by atoms with Crippen molar-refractivity contribution in [3.8, 4) is 0 Å². The Balaban J connectivity index is 1.82. The molecule has 12 nitrogen and oxygen atoms in total. The fourth-order valence-electron chi connectivity index (χ4n) is 3.79. The van der Waals surface area contributed by atoms with Crippen LogP contribution in [0.3, 0.4) is 0 Å². The van der Waals surface area contributed by atoms with Crippen LogP contribution in [0.25, 0.3) is 26.5 Å². The molecular weight excluding hydrogens is 406 g/mol. The number of ether oxygens (including phenoxy) is 3. The Morgan fingerprint density at radius 2 is 1.87 bits per heavy atom. The number of hydrogen-bond acceptors (Lipinski definition) is 7. The summed E-state index contributed by atoms with van der Waals surface area (Å²) in [5, 5.41) is 9.66. The Kier molecular flexibility index (Phi) is 7.34. The second-order valence-corrected chi connectivity index (χ2v) is 6.99. The van der Waals surface area contributed by atoms with E-state index in [1.165, 1.54) is 0 Å². The van der Waals surface area contributed by atoms with Gasteiger partial charge in [-0.15, -0.1) is 0 Å². The molecule has 162 valence electrons. The third kappa shape index (κ3) is 5.26. The summed E-state index contributed by atoms with van der Waals surface area (Å²) in [6, 6.07) is 8.93. The van der Waals surface area contributed by atoms with Gasteiger partial charge in [0, 0.05) is 9.82 Å². The molecule has 1 saturated carbocycles. The van der Waals surface area contributed by atoms with Crippen molar-refractivity contribution < 1.29 is 23.8 Å². The summed E-state index contributed by atoms with van der Waals surface area (Å²) >= 11 is 0. The van der Waals surface area contributed by atoms with Gasteiger partial charge in [-0.2, -0.15) is 0 Å². The third-order valence-corrected chi connectivity index (χ3v) is 5.18. The molecule has 0 unspecified atom stereocenters. The van der Waals surface area contributed by atoms with E-state index in [0.29, 0.717) is 31.2 Å². The van der Waals surface area contributed by atoms with E-state index in [9.17, 15) is 9.59 Å². The molecule has 2 aliphatic rings. The second kappa shape index (κ2) is 10.4. The molecule has 1 aromatic carbocycles. The van der Waals surface area contributed by atoms with Crippen LogP contribution in [0.2, 0.25) is 0 Å². The lowest BCUT2D eigenvalue weighted by Gasteiger charge is -2.37. The molecule has 31 heavy (non-hydrogen) atoms. The lowest BCUT2D eigenvalue weighted by atomic mass is 9.79. The average molecular weight is 427 g/mol. The van der Waals surface area contributed by atoms with Crippen LogP contribution < -0.4 is 5.32 Å². The number of rotatable bonds is 8. The van der Waals surface area contributed by atoms with Crippen LogP contribution in [0, 0.1) is 0 Å². The first-order chi connectivity index (χ1) is 15.1. The first kappa shape index (κ1) is 22.0. The van der Waals surface area contributed by atoms with Crippen molar-refractivity contribution in [2.24, 2.45) is 10.2 Å². The van der Waals surface area contributed by atoms with Crippen molar-refractivity contribution in [3.05, 3.63) is 62.5 Å². The summed E-state index contributed by atoms with van der Waals surface area (Å²) < 4.78 is 16.1. The zero-order valence-electron chi connectivity index (χ0n) is 16.6. The van der Waals surface area contributed by atoms with Crippen LogP contribution in [0.5, 0.6) is 0 Å². The summed E-state index contributed by atoms with van der Waals surface area (Å²) in [4.78, 5) is 30.4. The largest absolute Gasteiger partial charge is 0.513 e. The molecule has 1 fully saturated rings. The highest BCUT2D eigenvalue weighted by molar-refractivity contribution is 6.23. The maximum Gasteiger partial charge on any atom is 0.513 e. The molecule has 0 saturated heterocycles. The van der Waals surface area contributed by atoms with E-state index in [2.05, 4.69) is 25.4 Å². The Morgan fingerprint density at radius 1 is 1.16 bits per heavy atom. The van der Waals surface area contributed by atoms with Crippen molar-refractivity contribution in [3.63, 3.8) is 0 Å². The predicted molar refractivity (Wildman–Crippen MR) is 108 cm³/mol. The van der Waals surface area contributed by atoms with Crippen LogP contribution in [0.15, 0.2) is 46.3 Å². The van der Waals surface area contributed by atoms with E-state index >= 15 is 0 Å². The molecule has 1 heterocycles. The Morgan fingerprint density at radius 3 is 2.55 bits per heavy atom. The van der Waals surface area contributed by atoms with Crippen LogP contribution in [0.1, 0.15) is 31.2 Å². The van der Waals surface area contributed by atoms with Gasteiger partial charge in [0.25, 0.3) is 5.91 Å². The normalized spacial score (nSPS) is 22.3. The summed E-state index contributed by atoms with van der Waals surface area (Å²) in [5.41, 5.74) is 16.7. The highest BCUT2D eigenvalue weighted by Crippen LogP contribution is 2.43. The first-order valence-electron chi connectivity index (χ1n) is 9.70. The van der Waals surface area contributed by atoms with Crippen molar-refractivity contribution in [1.82, 2.24) is 5.32 Å². The zero-order valence-corrected chi connectivity index (χ0v) is 16.6. The monoisotopic (exact) mass is 427 g/mol. The standard InChI is InChI=1S/C19H21N7O5/c20-25-22-10-11-29-18(28)31-16-15(13-4-2-1-3-5-13)17(27)24-19(16)8-6-14(7-9-19)30-12-23-26-21/h1-5,14H,6-12H2,(H,24,27). The fourth-order valence-corrected chi connectivity index (χ4v) is 3.79. The van der Waals surface area contributed by atoms with Crippen LogP contribution in [0.4, 0.5) is 4.79 Å².